The summed E-state index contributed by atoms with van der Waals surface area (Å²) in [6.07, 6.45) is 2.36. The molecule has 1 aliphatic heterocycles. The molecule has 1 aliphatic rings. The summed E-state index contributed by atoms with van der Waals surface area (Å²) < 4.78 is 28.5. The van der Waals surface area contributed by atoms with Crippen LogP contribution < -0.4 is 9.62 Å². The molecule has 30 heavy (non-hydrogen) atoms. The number of aromatic nitrogens is 2. The van der Waals surface area contributed by atoms with Crippen LogP contribution in [-0.4, -0.2) is 31.7 Å². The fourth-order valence-electron chi connectivity index (χ4n) is 3.42. The molecule has 6 nitrogen and oxygen atoms in total. The minimum atomic E-state index is -3.63. The maximum Gasteiger partial charge on any atom is 0.261 e. The first-order valence-electron chi connectivity index (χ1n) is 9.88. The van der Waals surface area contributed by atoms with E-state index in [-0.39, 0.29) is 4.90 Å². The van der Waals surface area contributed by atoms with Crippen LogP contribution in [0.5, 0.6) is 0 Å². The first kappa shape index (κ1) is 20.8. The Morgan fingerprint density at radius 3 is 2.20 bits per heavy atom. The van der Waals surface area contributed by atoms with Crippen LogP contribution in [0, 0.1) is 5.92 Å². The monoisotopic (exact) mass is 486 g/mol. The number of nitrogens with one attached hydrogen (secondary N) is 1. The van der Waals surface area contributed by atoms with Gasteiger partial charge in [-0.15, -0.1) is 10.2 Å². The van der Waals surface area contributed by atoms with E-state index in [1.807, 2.05) is 24.3 Å². The zero-order valence-corrected chi connectivity index (χ0v) is 19.0. The zero-order chi connectivity index (χ0) is 21.1. The number of anilines is 2. The summed E-state index contributed by atoms with van der Waals surface area (Å²) in [4.78, 5) is 2.49. The third-order valence-electron chi connectivity index (χ3n) is 5.31. The molecule has 0 atom stereocenters. The molecule has 156 valence electrons. The molecule has 2 heterocycles. The van der Waals surface area contributed by atoms with Crippen molar-refractivity contribution in [2.75, 3.05) is 22.7 Å². The van der Waals surface area contributed by atoms with Crippen molar-refractivity contribution >= 4 is 37.5 Å². The van der Waals surface area contributed by atoms with Crippen molar-refractivity contribution in [2.45, 2.75) is 24.7 Å². The number of halogens is 1. The predicted octanol–water partition coefficient (Wildman–Crippen LogP) is 4.94. The summed E-state index contributed by atoms with van der Waals surface area (Å²) in [6.45, 7) is 4.32. The van der Waals surface area contributed by atoms with Crippen LogP contribution in [0.15, 0.2) is 70.0 Å². The van der Waals surface area contributed by atoms with E-state index >= 15 is 0 Å². The molecule has 0 aliphatic carbocycles. The summed E-state index contributed by atoms with van der Waals surface area (Å²) in [5.41, 5.74) is 2.13. The van der Waals surface area contributed by atoms with E-state index in [0.29, 0.717) is 5.69 Å². The minimum absolute atomic E-state index is 0.211. The summed E-state index contributed by atoms with van der Waals surface area (Å²) in [6, 6.07) is 17.6. The molecule has 0 radical (unpaired) electrons. The highest BCUT2D eigenvalue weighted by atomic mass is 79.9. The number of piperidine rings is 1. The van der Waals surface area contributed by atoms with Gasteiger partial charge in [-0.3, -0.25) is 4.72 Å². The van der Waals surface area contributed by atoms with Gasteiger partial charge in [-0.2, -0.15) is 0 Å². The number of rotatable bonds is 5. The molecule has 1 N–H and O–H groups in total. The zero-order valence-electron chi connectivity index (χ0n) is 16.6. The molecular weight excluding hydrogens is 464 g/mol. The number of hydrogen-bond acceptors (Lipinski definition) is 5. The van der Waals surface area contributed by atoms with Crippen LogP contribution >= 0.6 is 15.9 Å². The molecule has 0 amide bonds. The van der Waals surface area contributed by atoms with Gasteiger partial charge in [-0.25, -0.2) is 8.42 Å². The van der Waals surface area contributed by atoms with Gasteiger partial charge in [-0.1, -0.05) is 35.0 Å². The van der Waals surface area contributed by atoms with Crippen LogP contribution in [0.3, 0.4) is 0 Å². The molecule has 2 aromatic carbocycles. The van der Waals surface area contributed by atoms with Crippen molar-refractivity contribution in [3.8, 4) is 11.3 Å². The lowest BCUT2D eigenvalue weighted by Crippen LogP contribution is -2.33. The molecule has 0 saturated carbocycles. The number of hydrogen-bond donors (Lipinski definition) is 1. The van der Waals surface area contributed by atoms with Gasteiger partial charge in [0.05, 0.1) is 10.6 Å². The van der Waals surface area contributed by atoms with Crippen LogP contribution in [0.1, 0.15) is 19.8 Å². The topological polar surface area (TPSA) is 75.2 Å². The van der Waals surface area contributed by atoms with Crippen molar-refractivity contribution < 1.29 is 8.42 Å². The Morgan fingerprint density at radius 1 is 0.933 bits per heavy atom. The quantitative estimate of drug-likeness (QED) is 0.552. The van der Waals surface area contributed by atoms with Crippen LogP contribution in [-0.2, 0) is 10.0 Å². The van der Waals surface area contributed by atoms with Crippen molar-refractivity contribution in [3.63, 3.8) is 0 Å². The molecule has 8 heteroatoms. The summed E-state index contributed by atoms with van der Waals surface area (Å²) in [5, 5.41) is 8.76. The first-order valence-corrected chi connectivity index (χ1v) is 12.2. The molecule has 1 saturated heterocycles. The van der Waals surface area contributed by atoms with E-state index < -0.39 is 10.0 Å². The summed E-state index contributed by atoms with van der Waals surface area (Å²) >= 11 is 3.31. The fraction of sp³-hybridized carbons (Fsp3) is 0.273. The average Bonchev–Trinajstić information content (AvgIpc) is 2.75. The van der Waals surface area contributed by atoms with Crippen LogP contribution in [0.2, 0.25) is 0 Å². The minimum Gasteiger partial charge on any atom is -0.355 e. The molecular formula is C22H23BrN4O2S. The Labute approximate surface area is 185 Å². The fourth-order valence-corrected chi connectivity index (χ4v) is 4.75. The third-order valence-corrected chi connectivity index (χ3v) is 7.24. The van der Waals surface area contributed by atoms with Crippen LogP contribution in [0.4, 0.5) is 11.5 Å². The Kier molecular flexibility index (Phi) is 6.06. The normalized spacial score (nSPS) is 15.2. The van der Waals surface area contributed by atoms with Crippen LogP contribution in [0.25, 0.3) is 11.3 Å². The van der Waals surface area contributed by atoms with E-state index in [1.165, 1.54) is 12.8 Å². The molecule has 4 rings (SSSR count). The van der Waals surface area contributed by atoms with Gasteiger partial charge in [0.2, 0.25) is 0 Å². The molecule has 1 aromatic heterocycles. The van der Waals surface area contributed by atoms with Crippen molar-refractivity contribution in [2.24, 2.45) is 5.92 Å². The summed E-state index contributed by atoms with van der Waals surface area (Å²) in [5.74, 6) is 1.68. The van der Waals surface area contributed by atoms with Gasteiger partial charge in [0.15, 0.2) is 5.82 Å². The largest absolute Gasteiger partial charge is 0.355 e. The lowest BCUT2D eigenvalue weighted by molar-refractivity contribution is 0.436. The van der Waals surface area contributed by atoms with Gasteiger partial charge in [0, 0.05) is 28.8 Å². The Balaban J connectivity index is 1.45. The first-order chi connectivity index (χ1) is 14.4. The van der Waals surface area contributed by atoms with Gasteiger partial charge in [0.1, 0.15) is 0 Å². The van der Waals surface area contributed by atoms with Crippen molar-refractivity contribution in [3.05, 3.63) is 65.1 Å². The van der Waals surface area contributed by atoms with Crippen molar-refractivity contribution in [1.82, 2.24) is 10.2 Å². The van der Waals surface area contributed by atoms with Crippen molar-refractivity contribution in [1.29, 1.82) is 0 Å². The Bertz CT molecular complexity index is 1090. The molecule has 0 bridgehead atoms. The van der Waals surface area contributed by atoms with E-state index in [9.17, 15) is 8.42 Å². The van der Waals surface area contributed by atoms with E-state index in [0.717, 1.165) is 40.6 Å². The van der Waals surface area contributed by atoms with Gasteiger partial charge in [-0.05, 0) is 67.3 Å². The van der Waals surface area contributed by atoms with E-state index in [1.54, 1.807) is 36.4 Å². The molecule has 3 aromatic rings. The second-order valence-corrected chi connectivity index (χ2v) is 10.2. The second-order valence-electron chi connectivity index (χ2n) is 7.58. The highest BCUT2D eigenvalue weighted by Gasteiger charge is 2.17. The maximum atomic E-state index is 12.5. The number of sulfonamides is 1. The smallest absolute Gasteiger partial charge is 0.261 e. The third kappa shape index (κ3) is 4.82. The van der Waals surface area contributed by atoms with Gasteiger partial charge in [0.25, 0.3) is 10.0 Å². The Hall–Kier alpha value is -2.45. The second kappa shape index (κ2) is 8.73. The number of nitrogens with zero attached hydrogens (tertiary/aromatic N) is 3. The summed E-state index contributed by atoms with van der Waals surface area (Å²) in [7, 11) is -3.63. The van der Waals surface area contributed by atoms with Gasteiger partial charge < -0.3 is 4.90 Å². The lowest BCUT2D eigenvalue weighted by atomic mass is 9.99. The number of benzene rings is 2. The molecule has 0 spiro atoms. The molecule has 1 fully saturated rings. The highest BCUT2D eigenvalue weighted by molar-refractivity contribution is 9.10. The lowest BCUT2D eigenvalue weighted by Gasteiger charge is -2.30. The van der Waals surface area contributed by atoms with E-state index in [4.69, 9.17) is 0 Å². The SMILES string of the molecule is CC1CCN(c2ccc(-c3ccc(NS(=O)(=O)c4ccc(Br)cc4)cc3)nn2)CC1. The highest BCUT2D eigenvalue weighted by Crippen LogP contribution is 2.25. The van der Waals surface area contributed by atoms with E-state index in [2.05, 4.69) is 42.7 Å². The maximum absolute atomic E-state index is 12.5. The van der Waals surface area contributed by atoms with Gasteiger partial charge >= 0.3 is 0 Å². The predicted molar refractivity (Wildman–Crippen MR) is 123 cm³/mol. The molecule has 0 unspecified atom stereocenters. The Morgan fingerprint density at radius 2 is 1.60 bits per heavy atom. The average molecular weight is 487 g/mol. The standard InChI is InChI=1S/C22H23BrN4O2S/c1-16-12-14-27(15-13-16)22-11-10-21(24-25-22)17-2-6-19(7-3-17)26-30(28,29)20-8-4-18(23)5-9-20/h2-11,16,26H,12-15H2,1H3.